The SMILES string of the molecule is Cc1csc(CNCC2CCCC(O)C2)n1. The second kappa shape index (κ2) is 5.75. The first kappa shape index (κ1) is 12.0. The summed E-state index contributed by atoms with van der Waals surface area (Å²) in [6, 6.07) is 0. The van der Waals surface area contributed by atoms with Crippen LogP contribution in [0.4, 0.5) is 0 Å². The van der Waals surface area contributed by atoms with E-state index < -0.39 is 0 Å². The highest BCUT2D eigenvalue weighted by atomic mass is 32.1. The van der Waals surface area contributed by atoms with Gasteiger partial charge in [0.15, 0.2) is 0 Å². The Hall–Kier alpha value is -0.450. The molecule has 90 valence electrons. The van der Waals surface area contributed by atoms with Crippen molar-refractivity contribution >= 4 is 11.3 Å². The lowest BCUT2D eigenvalue weighted by atomic mass is 9.87. The monoisotopic (exact) mass is 240 g/mol. The van der Waals surface area contributed by atoms with Crippen molar-refractivity contribution in [1.29, 1.82) is 0 Å². The van der Waals surface area contributed by atoms with Gasteiger partial charge in [-0.3, -0.25) is 0 Å². The Morgan fingerprint density at radius 2 is 2.44 bits per heavy atom. The van der Waals surface area contributed by atoms with Gasteiger partial charge in [0.05, 0.1) is 6.10 Å². The number of aromatic nitrogens is 1. The molecule has 0 aromatic carbocycles. The van der Waals surface area contributed by atoms with Crippen LogP contribution in [0.5, 0.6) is 0 Å². The Balaban J connectivity index is 1.67. The average Bonchev–Trinajstić information content (AvgIpc) is 2.64. The van der Waals surface area contributed by atoms with E-state index in [9.17, 15) is 5.11 Å². The van der Waals surface area contributed by atoms with Gasteiger partial charge in [-0.1, -0.05) is 6.42 Å². The first-order valence-corrected chi connectivity index (χ1v) is 6.92. The highest BCUT2D eigenvalue weighted by Crippen LogP contribution is 2.23. The highest BCUT2D eigenvalue weighted by Gasteiger charge is 2.19. The number of nitrogens with zero attached hydrogens (tertiary/aromatic N) is 1. The fraction of sp³-hybridized carbons (Fsp3) is 0.750. The molecule has 0 spiro atoms. The summed E-state index contributed by atoms with van der Waals surface area (Å²) in [7, 11) is 0. The molecule has 0 bridgehead atoms. The van der Waals surface area contributed by atoms with E-state index in [2.05, 4.69) is 15.7 Å². The van der Waals surface area contributed by atoms with E-state index in [0.29, 0.717) is 5.92 Å². The minimum Gasteiger partial charge on any atom is -0.393 e. The molecule has 0 aliphatic heterocycles. The molecule has 0 saturated heterocycles. The summed E-state index contributed by atoms with van der Waals surface area (Å²) in [5.41, 5.74) is 1.11. The predicted octanol–water partition coefficient (Wildman–Crippen LogP) is 2.09. The molecule has 2 atom stereocenters. The fourth-order valence-electron chi connectivity index (χ4n) is 2.32. The Bertz CT molecular complexity index is 327. The van der Waals surface area contributed by atoms with E-state index in [4.69, 9.17) is 0 Å². The van der Waals surface area contributed by atoms with E-state index in [1.807, 2.05) is 6.92 Å². The largest absolute Gasteiger partial charge is 0.393 e. The first-order chi connectivity index (χ1) is 7.74. The first-order valence-electron chi connectivity index (χ1n) is 6.04. The third kappa shape index (κ3) is 3.54. The van der Waals surface area contributed by atoms with Crippen LogP contribution in [-0.2, 0) is 6.54 Å². The van der Waals surface area contributed by atoms with Crippen molar-refractivity contribution in [2.45, 2.75) is 45.3 Å². The molecule has 1 aliphatic carbocycles. The molecule has 2 unspecified atom stereocenters. The molecule has 2 N–H and O–H groups in total. The molecule has 1 aromatic heterocycles. The van der Waals surface area contributed by atoms with Crippen LogP contribution in [0.3, 0.4) is 0 Å². The lowest BCUT2D eigenvalue weighted by molar-refractivity contribution is 0.101. The topological polar surface area (TPSA) is 45.1 Å². The van der Waals surface area contributed by atoms with Gasteiger partial charge in [-0.15, -0.1) is 11.3 Å². The molecular formula is C12H20N2OS. The van der Waals surface area contributed by atoms with Crippen LogP contribution in [-0.4, -0.2) is 22.7 Å². The van der Waals surface area contributed by atoms with Gasteiger partial charge in [0, 0.05) is 17.6 Å². The highest BCUT2D eigenvalue weighted by molar-refractivity contribution is 7.09. The van der Waals surface area contributed by atoms with E-state index in [-0.39, 0.29) is 6.10 Å². The van der Waals surface area contributed by atoms with Crippen molar-refractivity contribution in [3.63, 3.8) is 0 Å². The Kier molecular flexibility index (Phi) is 4.32. The van der Waals surface area contributed by atoms with Crippen LogP contribution in [0.2, 0.25) is 0 Å². The average molecular weight is 240 g/mol. The summed E-state index contributed by atoms with van der Waals surface area (Å²) in [5.74, 6) is 0.643. The molecule has 2 rings (SSSR count). The molecule has 4 heteroatoms. The van der Waals surface area contributed by atoms with Crippen molar-refractivity contribution in [2.24, 2.45) is 5.92 Å². The lowest BCUT2D eigenvalue weighted by Gasteiger charge is -2.25. The molecule has 1 aromatic rings. The van der Waals surface area contributed by atoms with Crippen LogP contribution in [0.15, 0.2) is 5.38 Å². The minimum absolute atomic E-state index is 0.0670. The second-order valence-electron chi connectivity index (χ2n) is 4.70. The second-order valence-corrected chi connectivity index (χ2v) is 5.64. The molecular weight excluding hydrogens is 220 g/mol. The third-order valence-corrected chi connectivity index (χ3v) is 4.10. The van der Waals surface area contributed by atoms with Crippen LogP contribution in [0.25, 0.3) is 0 Å². The van der Waals surface area contributed by atoms with E-state index in [0.717, 1.165) is 36.6 Å². The van der Waals surface area contributed by atoms with Crippen LogP contribution < -0.4 is 5.32 Å². The van der Waals surface area contributed by atoms with Gasteiger partial charge >= 0.3 is 0 Å². The smallest absolute Gasteiger partial charge is 0.107 e. The zero-order chi connectivity index (χ0) is 11.4. The number of aliphatic hydroxyl groups is 1. The standard InChI is InChI=1S/C12H20N2OS/c1-9-8-16-12(14-9)7-13-6-10-3-2-4-11(15)5-10/h8,10-11,13,15H,2-7H2,1H3. The maximum Gasteiger partial charge on any atom is 0.107 e. The summed E-state index contributed by atoms with van der Waals surface area (Å²) in [4.78, 5) is 4.41. The molecule has 16 heavy (non-hydrogen) atoms. The van der Waals surface area contributed by atoms with Crippen molar-refractivity contribution < 1.29 is 5.11 Å². The predicted molar refractivity (Wildman–Crippen MR) is 66.5 cm³/mol. The molecule has 0 amide bonds. The quantitative estimate of drug-likeness (QED) is 0.847. The van der Waals surface area contributed by atoms with Gasteiger partial charge in [-0.2, -0.15) is 0 Å². The Morgan fingerprint density at radius 1 is 1.56 bits per heavy atom. The Morgan fingerprint density at radius 3 is 3.12 bits per heavy atom. The van der Waals surface area contributed by atoms with Gasteiger partial charge in [0.25, 0.3) is 0 Å². The summed E-state index contributed by atoms with van der Waals surface area (Å²) in [6.07, 6.45) is 4.30. The molecule has 1 fully saturated rings. The number of aliphatic hydroxyl groups excluding tert-OH is 1. The lowest BCUT2D eigenvalue weighted by Crippen LogP contribution is -2.28. The number of aryl methyl sites for hydroxylation is 1. The van der Waals surface area contributed by atoms with Gasteiger partial charge in [-0.05, 0) is 38.6 Å². The summed E-state index contributed by atoms with van der Waals surface area (Å²) in [5, 5.41) is 16.2. The number of hydrogen-bond donors (Lipinski definition) is 2. The van der Waals surface area contributed by atoms with Crippen molar-refractivity contribution in [1.82, 2.24) is 10.3 Å². The van der Waals surface area contributed by atoms with E-state index >= 15 is 0 Å². The van der Waals surface area contributed by atoms with E-state index in [1.54, 1.807) is 11.3 Å². The van der Waals surface area contributed by atoms with Crippen molar-refractivity contribution in [3.05, 3.63) is 16.1 Å². The molecule has 1 heterocycles. The minimum atomic E-state index is -0.0670. The summed E-state index contributed by atoms with van der Waals surface area (Å²) in [6.45, 7) is 3.90. The molecule has 1 aliphatic rings. The van der Waals surface area contributed by atoms with Gasteiger partial charge in [0.1, 0.15) is 5.01 Å². The number of nitrogens with one attached hydrogen (secondary N) is 1. The number of thiazole rings is 1. The zero-order valence-electron chi connectivity index (χ0n) is 9.78. The van der Waals surface area contributed by atoms with Crippen molar-refractivity contribution in [2.75, 3.05) is 6.54 Å². The summed E-state index contributed by atoms with van der Waals surface area (Å²) < 4.78 is 0. The van der Waals surface area contributed by atoms with E-state index in [1.165, 1.54) is 12.8 Å². The van der Waals surface area contributed by atoms with Gasteiger partial charge in [-0.25, -0.2) is 4.98 Å². The van der Waals surface area contributed by atoms with Gasteiger partial charge in [0.2, 0.25) is 0 Å². The summed E-state index contributed by atoms with van der Waals surface area (Å²) >= 11 is 1.71. The third-order valence-electron chi connectivity index (χ3n) is 3.13. The zero-order valence-corrected chi connectivity index (χ0v) is 10.6. The van der Waals surface area contributed by atoms with Gasteiger partial charge < -0.3 is 10.4 Å². The molecule has 1 saturated carbocycles. The maximum absolute atomic E-state index is 9.56. The normalized spacial score (nSPS) is 25.9. The van der Waals surface area contributed by atoms with Crippen LogP contribution in [0, 0.1) is 12.8 Å². The number of rotatable bonds is 4. The molecule has 3 nitrogen and oxygen atoms in total. The van der Waals surface area contributed by atoms with Crippen LogP contribution >= 0.6 is 11.3 Å². The number of hydrogen-bond acceptors (Lipinski definition) is 4. The fourth-order valence-corrected chi connectivity index (χ4v) is 3.06. The van der Waals surface area contributed by atoms with Crippen LogP contribution in [0.1, 0.15) is 36.4 Å². The molecule has 0 radical (unpaired) electrons. The Labute approximate surface area is 101 Å². The maximum atomic E-state index is 9.56. The van der Waals surface area contributed by atoms with Crippen molar-refractivity contribution in [3.8, 4) is 0 Å².